The summed E-state index contributed by atoms with van der Waals surface area (Å²) >= 11 is 0. The summed E-state index contributed by atoms with van der Waals surface area (Å²) in [5, 5.41) is 0. The number of rotatable bonds is 2. The van der Waals surface area contributed by atoms with Crippen molar-refractivity contribution in [1.29, 1.82) is 0 Å². The van der Waals surface area contributed by atoms with Gasteiger partial charge in [0.15, 0.2) is 0 Å². The lowest BCUT2D eigenvalue weighted by atomic mass is 9.70. The molecule has 2 nitrogen and oxygen atoms in total. The van der Waals surface area contributed by atoms with Crippen molar-refractivity contribution in [3.63, 3.8) is 0 Å². The third-order valence-electron chi connectivity index (χ3n) is 5.98. The van der Waals surface area contributed by atoms with Crippen LogP contribution in [0.15, 0.2) is 0 Å². The molecule has 4 aliphatic rings. The molecule has 17 heavy (non-hydrogen) atoms. The summed E-state index contributed by atoms with van der Waals surface area (Å²) in [6.45, 7) is 4.86. The first-order valence-electron chi connectivity index (χ1n) is 7.54. The first-order valence-corrected chi connectivity index (χ1v) is 7.54. The highest BCUT2D eigenvalue weighted by Crippen LogP contribution is 2.76. The zero-order valence-corrected chi connectivity index (χ0v) is 11.1. The molecule has 4 unspecified atom stereocenters. The number of epoxide rings is 2. The molecule has 0 bridgehead atoms. The molecule has 0 amide bonds. The van der Waals surface area contributed by atoms with Gasteiger partial charge in [0.1, 0.15) is 0 Å². The van der Waals surface area contributed by atoms with Gasteiger partial charge in [-0.1, -0.05) is 39.5 Å². The molecule has 2 aliphatic carbocycles. The average Bonchev–Trinajstić information content (AvgIpc) is 3.07. The summed E-state index contributed by atoms with van der Waals surface area (Å²) in [6.07, 6.45) is 9.58. The maximum atomic E-state index is 5.74. The van der Waals surface area contributed by atoms with Crippen molar-refractivity contribution in [2.24, 2.45) is 23.7 Å². The minimum atomic E-state index is -0.0684. The summed E-state index contributed by atoms with van der Waals surface area (Å²) < 4.78 is 11.5. The van der Waals surface area contributed by atoms with E-state index in [2.05, 4.69) is 13.8 Å². The predicted octanol–water partition coefficient (Wildman–Crippen LogP) is 3.70. The van der Waals surface area contributed by atoms with Crippen LogP contribution in [0.2, 0.25) is 0 Å². The first-order chi connectivity index (χ1) is 8.14. The molecule has 2 saturated heterocycles. The number of hydrogen-bond donors (Lipinski definition) is 0. The molecule has 0 radical (unpaired) electrons. The summed E-state index contributed by atoms with van der Waals surface area (Å²) in [4.78, 5) is 0. The van der Waals surface area contributed by atoms with E-state index in [0.717, 1.165) is 30.1 Å². The van der Waals surface area contributed by atoms with Crippen LogP contribution in [0, 0.1) is 23.7 Å². The summed E-state index contributed by atoms with van der Waals surface area (Å²) in [5.41, 5.74) is 0. The Morgan fingerprint density at radius 1 is 0.882 bits per heavy atom. The average molecular weight is 236 g/mol. The second-order valence-electron chi connectivity index (χ2n) is 7.11. The Morgan fingerprint density at radius 2 is 1.59 bits per heavy atom. The molecule has 0 aromatic heterocycles. The molecule has 4 fully saturated rings. The lowest BCUT2D eigenvalue weighted by Crippen LogP contribution is -2.27. The molecular weight excluding hydrogens is 212 g/mol. The SMILES string of the molecule is CC1CCCCC1CC1CC23OC2(CC1C)O3. The van der Waals surface area contributed by atoms with Crippen LogP contribution in [-0.4, -0.2) is 11.6 Å². The van der Waals surface area contributed by atoms with Crippen molar-refractivity contribution in [2.45, 2.75) is 70.4 Å². The van der Waals surface area contributed by atoms with Crippen molar-refractivity contribution in [1.82, 2.24) is 0 Å². The fourth-order valence-corrected chi connectivity index (χ4v) is 4.55. The van der Waals surface area contributed by atoms with E-state index in [-0.39, 0.29) is 11.6 Å². The van der Waals surface area contributed by atoms with E-state index in [0.29, 0.717) is 0 Å². The van der Waals surface area contributed by atoms with E-state index < -0.39 is 0 Å². The van der Waals surface area contributed by atoms with Crippen LogP contribution in [0.5, 0.6) is 0 Å². The smallest absolute Gasteiger partial charge is 0.229 e. The highest BCUT2D eigenvalue weighted by Gasteiger charge is 2.92. The van der Waals surface area contributed by atoms with Crippen molar-refractivity contribution >= 4 is 0 Å². The fourth-order valence-electron chi connectivity index (χ4n) is 4.55. The Morgan fingerprint density at radius 3 is 2.35 bits per heavy atom. The molecule has 0 N–H and O–H groups in total. The van der Waals surface area contributed by atoms with Crippen LogP contribution in [0.3, 0.4) is 0 Å². The van der Waals surface area contributed by atoms with Crippen molar-refractivity contribution < 1.29 is 9.47 Å². The number of ether oxygens (including phenoxy) is 2. The van der Waals surface area contributed by atoms with Crippen LogP contribution in [-0.2, 0) is 9.47 Å². The fraction of sp³-hybridized carbons (Fsp3) is 1.00. The molecule has 4 rings (SSSR count). The summed E-state index contributed by atoms with van der Waals surface area (Å²) in [6, 6.07) is 0. The Balaban J connectivity index is 1.41. The molecule has 2 aliphatic heterocycles. The van der Waals surface area contributed by atoms with E-state index in [4.69, 9.17) is 9.47 Å². The Bertz CT molecular complexity index is 332. The van der Waals surface area contributed by atoms with Crippen LogP contribution in [0.4, 0.5) is 0 Å². The standard InChI is InChI=1S/C15H24O2/c1-10-5-3-4-6-12(10)7-13-9-15-14(16-15,17-15)8-11(13)2/h10-13H,3-9H2,1-2H3. The topological polar surface area (TPSA) is 25.1 Å². The lowest BCUT2D eigenvalue weighted by Gasteiger charge is -2.34. The second kappa shape index (κ2) is 3.27. The molecule has 2 heterocycles. The predicted molar refractivity (Wildman–Crippen MR) is 65.3 cm³/mol. The van der Waals surface area contributed by atoms with Crippen molar-refractivity contribution in [3.8, 4) is 0 Å². The van der Waals surface area contributed by atoms with Gasteiger partial charge in [0, 0.05) is 12.8 Å². The van der Waals surface area contributed by atoms with Gasteiger partial charge < -0.3 is 9.47 Å². The zero-order chi connectivity index (χ0) is 11.7. The molecule has 96 valence electrons. The number of hydrogen-bond acceptors (Lipinski definition) is 2. The molecule has 2 saturated carbocycles. The van der Waals surface area contributed by atoms with Gasteiger partial charge in [0.05, 0.1) is 0 Å². The zero-order valence-electron chi connectivity index (χ0n) is 11.1. The minimum Gasteiger partial charge on any atom is -0.307 e. The highest BCUT2D eigenvalue weighted by molar-refractivity contribution is 5.21. The third kappa shape index (κ3) is 1.46. The Kier molecular flexibility index (Phi) is 2.08. The quantitative estimate of drug-likeness (QED) is 0.683. The minimum absolute atomic E-state index is 0.0674. The van der Waals surface area contributed by atoms with E-state index in [1.54, 1.807) is 0 Å². The lowest BCUT2D eigenvalue weighted by molar-refractivity contribution is -0.0948. The van der Waals surface area contributed by atoms with Crippen molar-refractivity contribution in [3.05, 3.63) is 0 Å². The van der Waals surface area contributed by atoms with E-state index >= 15 is 0 Å². The van der Waals surface area contributed by atoms with Crippen LogP contribution >= 0.6 is 0 Å². The molecular formula is C15H24O2. The summed E-state index contributed by atoms with van der Waals surface area (Å²) in [7, 11) is 0. The van der Waals surface area contributed by atoms with Gasteiger partial charge in [-0.15, -0.1) is 0 Å². The van der Waals surface area contributed by atoms with Gasteiger partial charge in [-0.3, -0.25) is 0 Å². The monoisotopic (exact) mass is 236 g/mol. The van der Waals surface area contributed by atoms with Crippen LogP contribution in [0.1, 0.15) is 58.8 Å². The van der Waals surface area contributed by atoms with Gasteiger partial charge in [-0.25, -0.2) is 0 Å². The Hall–Kier alpha value is -0.0800. The van der Waals surface area contributed by atoms with Crippen molar-refractivity contribution in [2.75, 3.05) is 0 Å². The van der Waals surface area contributed by atoms with E-state index in [1.165, 1.54) is 38.5 Å². The van der Waals surface area contributed by atoms with Gasteiger partial charge in [0.25, 0.3) is 0 Å². The normalized spacial score (nSPS) is 60.4. The molecule has 0 spiro atoms. The third-order valence-corrected chi connectivity index (χ3v) is 5.98. The van der Waals surface area contributed by atoms with Gasteiger partial charge >= 0.3 is 0 Å². The van der Waals surface area contributed by atoms with Gasteiger partial charge in [-0.05, 0) is 30.1 Å². The van der Waals surface area contributed by atoms with Crippen LogP contribution in [0.25, 0.3) is 0 Å². The van der Waals surface area contributed by atoms with Gasteiger partial charge in [0.2, 0.25) is 11.6 Å². The largest absolute Gasteiger partial charge is 0.307 e. The highest BCUT2D eigenvalue weighted by atomic mass is 17.0. The van der Waals surface area contributed by atoms with E-state index in [1.807, 2.05) is 0 Å². The summed E-state index contributed by atoms with van der Waals surface area (Å²) in [5.74, 6) is 3.42. The maximum absolute atomic E-state index is 5.74. The maximum Gasteiger partial charge on any atom is 0.229 e. The van der Waals surface area contributed by atoms with E-state index in [9.17, 15) is 0 Å². The second-order valence-corrected chi connectivity index (χ2v) is 7.11. The van der Waals surface area contributed by atoms with Crippen LogP contribution < -0.4 is 0 Å². The molecule has 2 heteroatoms. The molecule has 0 aromatic rings. The molecule has 4 atom stereocenters. The van der Waals surface area contributed by atoms with Gasteiger partial charge in [-0.2, -0.15) is 0 Å². The Labute approximate surface area is 104 Å². The first kappa shape index (κ1) is 10.8. The molecule has 0 aromatic carbocycles.